The van der Waals surface area contributed by atoms with E-state index in [1.165, 1.54) is 0 Å². The van der Waals surface area contributed by atoms with Crippen LogP contribution in [0.15, 0.2) is 52.9 Å². The van der Waals surface area contributed by atoms with Gasteiger partial charge in [0.15, 0.2) is 0 Å². The van der Waals surface area contributed by atoms with Gasteiger partial charge in [-0.2, -0.15) is 5.10 Å². The fourth-order valence-electron chi connectivity index (χ4n) is 2.69. The first-order valence-corrected chi connectivity index (χ1v) is 8.57. The Labute approximate surface area is 145 Å². The van der Waals surface area contributed by atoms with Crippen molar-refractivity contribution in [3.05, 3.63) is 75.2 Å². The molecule has 1 amide bonds. The second-order valence-corrected chi connectivity index (χ2v) is 6.57. The molecule has 0 unspecified atom stereocenters. The molecule has 2 aromatic heterocycles. The average molecular weight is 337 g/mol. The van der Waals surface area contributed by atoms with Gasteiger partial charge in [0.05, 0.1) is 11.8 Å². The molecule has 1 aromatic carbocycles. The lowest BCUT2D eigenvalue weighted by Gasteiger charge is -2.09. The van der Waals surface area contributed by atoms with Gasteiger partial charge in [-0.05, 0) is 56.0 Å². The number of aromatic nitrogens is 1. The highest BCUT2D eigenvalue weighted by Gasteiger charge is 2.16. The first-order valence-electron chi connectivity index (χ1n) is 7.70. The van der Waals surface area contributed by atoms with E-state index < -0.39 is 0 Å². The van der Waals surface area contributed by atoms with E-state index in [4.69, 9.17) is 0 Å². The lowest BCUT2D eigenvalue weighted by molar-refractivity contribution is 0.0954. The number of hydrazone groups is 1. The van der Waals surface area contributed by atoms with Crippen LogP contribution >= 0.6 is 11.3 Å². The van der Waals surface area contributed by atoms with E-state index in [1.807, 2.05) is 68.6 Å². The maximum absolute atomic E-state index is 12.4. The molecule has 0 fully saturated rings. The molecule has 0 aliphatic carbocycles. The Bertz CT molecular complexity index is 891. The van der Waals surface area contributed by atoms with E-state index in [-0.39, 0.29) is 5.91 Å². The van der Waals surface area contributed by atoms with Gasteiger partial charge in [0.25, 0.3) is 5.91 Å². The predicted octanol–water partition coefficient (Wildman–Crippen LogP) is 4.23. The Hall–Kier alpha value is -2.66. The maximum Gasteiger partial charge on any atom is 0.273 e. The van der Waals surface area contributed by atoms with Crippen LogP contribution in [0.1, 0.15) is 32.2 Å². The van der Waals surface area contributed by atoms with E-state index in [1.54, 1.807) is 17.6 Å². The number of nitrogens with one attached hydrogen (secondary N) is 1. The molecule has 0 saturated heterocycles. The number of para-hydroxylation sites is 1. The van der Waals surface area contributed by atoms with Gasteiger partial charge in [-0.25, -0.2) is 5.43 Å². The fraction of sp³-hybridized carbons (Fsp3) is 0.158. The van der Waals surface area contributed by atoms with Crippen LogP contribution in [0, 0.1) is 20.8 Å². The highest BCUT2D eigenvalue weighted by Crippen LogP contribution is 2.20. The number of carbonyl (C=O) groups excluding carboxylic acids is 1. The summed E-state index contributed by atoms with van der Waals surface area (Å²) < 4.78 is 2.07. The van der Waals surface area contributed by atoms with Gasteiger partial charge in [-0.15, -0.1) is 11.3 Å². The van der Waals surface area contributed by atoms with E-state index >= 15 is 0 Å². The molecule has 24 heavy (non-hydrogen) atoms. The second-order valence-electron chi connectivity index (χ2n) is 5.62. The average Bonchev–Trinajstić information content (AvgIpc) is 3.11. The van der Waals surface area contributed by atoms with Gasteiger partial charge in [-0.1, -0.05) is 18.2 Å². The van der Waals surface area contributed by atoms with Gasteiger partial charge in [0.2, 0.25) is 0 Å². The SMILES string of the molecule is Cc1ccsc1/C=N\NC(=O)c1cc(C)n(-c2ccccc2)c1C. The molecule has 0 atom stereocenters. The summed E-state index contributed by atoms with van der Waals surface area (Å²) in [5.41, 5.74) is 7.37. The van der Waals surface area contributed by atoms with Crippen molar-refractivity contribution >= 4 is 23.5 Å². The number of benzene rings is 1. The van der Waals surface area contributed by atoms with Crippen LogP contribution in [0.4, 0.5) is 0 Å². The summed E-state index contributed by atoms with van der Waals surface area (Å²) in [5.74, 6) is -0.198. The van der Waals surface area contributed by atoms with Gasteiger partial charge in [0.1, 0.15) is 0 Å². The Morgan fingerprint density at radius 3 is 2.58 bits per heavy atom. The van der Waals surface area contributed by atoms with Crippen molar-refractivity contribution < 1.29 is 4.79 Å². The van der Waals surface area contributed by atoms with Crippen LogP contribution in [-0.4, -0.2) is 16.7 Å². The number of amides is 1. The van der Waals surface area contributed by atoms with Gasteiger partial charge >= 0.3 is 0 Å². The first kappa shape index (κ1) is 16.2. The molecular weight excluding hydrogens is 318 g/mol. The van der Waals surface area contributed by atoms with Crippen LogP contribution in [0.3, 0.4) is 0 Å². The minimum atomic E-state index is -0.198. The standard InChI is InChI=1S/C19H19N3OS/c1-13-9-10-24-18(13)12-20-21-19(23)17-11-14(2)22(15(17)3)16-7-5-4-6-8-16/h4-12H,1-3H3,(H,21,23)/b20-12-. The smallest absolute Gasteiger partial charge is 0.273 e. The van der Waals surface area contributed by atoms with Gasteiger partial charge < -0.3 is 4.57 Å². The van der Waals surface area contributed by atoms with Crippen molar-refractivity contribution in [3.63, 3.8) is 0 Å². The molecule has 0 aliphatic rings. The Morgan fingerprint density at radius 2 is 1.92 bits per heavy atom. The summed E-state index contributed by atoms with van der Waals surface area (Å²) >= 11 is 1.60. The molecule has 0 aliphatic heterocycles. The lowest BCUT2D eigenvalue weighted by atomic mass is 10.2. The summed E-state index contributed by atoms with van der Waals surface area (Å²) in [6.07, 6.45) is 1.69. The third-order valence-electron chi connectivity index (χ3n) is 3.94. The third-order valence-corrected chi connectivity index (χ3v) is 4.89. The molecule has 122 valence electrons. The molecule has 2 heterocycles. The molecule has 0 bridgehead atoms. The summed E-state index contributed by atoms with van der Waals surface area (Å²) in [4.78, 5) is 13.5. The molecule has 0 spiro atoms. The van der Waals surface area contributed by atoms with E-state index in [0.717, 1.165) is 27.5 Å². The van der Waals surface area contributed by atoms with Crippen LogP contribution in [0.25, 0.3) is 5.69 Å². The van der Waals surface area contributed by atoms with Crippen LogP contribution in [-0.2, 0) is 0 Å². The molecule has 0 saturated carbocycles. The number of aryl methyl sites for hydroxylation is 2. The van der Waals surface area contributed by atoms with Crippen molar-refractivity contribution in [2.45, 2.75) is 20.8 Å². The van der Waals surface area contributed by atoms with Crippen LogP contribution < -0.4 is 5.43 Å². The van der Waals surface area contributed by atoms with Crippen molar-refractivity contribution in [3.8, 4) is 5.69 Å². The summed E-state index contributed by atoms with van der Waals surface area (Å²) in [6, 6.07) is 13.9. The van der Waals surface area contributed by atoms with Crippen LogP contribution in [0.2, 0.25) is 0 Å². The molecule has 4 nitrogen and oxygen atoms in total. The molecule has 0 radical (unpaired) electrons. The summed E-state index contributed by atoms with van der Waals surface area (Å²) in [6.45, 7) is 5.96. The number of carbonyl (C=O) groups is 1. The van der Waals surface area contributed by atoms with E-state index in [0.29, 0.717) is 5.56 Å². The monoisotopic (exact) mass is 337 g/mol. The number of hydrogen-bond donors (Lipinski definition) is 1. The summed E-state index contributed by atoms with van der Waals surface area (Å²) in [5, 5.41) is 6.09. The van der Waals surface area contributed by atoms with E-state index in [9.17, 15) is 4.79 Å². The number of hydrogen-bond acceptors (Lipinski definition) is 3. The van der Waals surface area contributed by atoms with Crippen molar-refractivity contribution in [2.24, 2.45) is 5.10 Å². The zero-order chi connectivity index (χ0) is 17.1. The first-order chi connectivity index (χ1) is 11.6. The van der Waals surface area contributed by atoms with Gasteiger partial charge in [-0.3, -0.25) is 4.79 Å². The van der Waals surface area contributed by atoms with Crippen molar-refractivity contribution in [2.75, 3.05) is 0 Å². The molecule has 1 N–H and O–H groups in total. The largest absolute Gasteiger partial charge is 0.318 e. The summed E-state index contributed by atoms with van der Waals surface area (Å²) in [7, 11) is 0. The molecule has 3 rings (SSSR count). The second kappa shape index (κ2) is 6.84. The quantitative estimate of drug-likeness (QED) is 0.562. The Balaban J connectivity index is 1.81. The maximum atomic E-state index is 12.4. The normalized spacial score (nSPS) is 11.1. The fourth-order valence-corrected chi connectivity index (χ4v) is 3.48. The molecular formula is C19H19N3OS. The minimum Gasteiger partial charge on any atom is -0.318 e. The highest BCUT2D eigenvalue weighted by atomic mass is 32.1. The van der Waals surface area contributed by atoms with Gasteiger partial charge in [0, 0.05) is 22.0 Å². The number of thiophene rings is 1. The Kier molecular flexibility index (Phi) is 4.62. The molecule has 5 heteroatoms. The zero-order valence-corrected chi connectivity index (χ0v) is 14.7. The van der Waals surface area contributed by atoms with Crippen LogP contribution in [0.5, 0.6) is 0 Å². The number of nitrogens with zero attached hydrogens (tertiary/aromatic N) is 2. The highest BCUT2D eigenvalue weighted by molar-refractivity contribution is 7.11. The third kappa shape index (κ3) is 3.16. The Morgan fingerprint density at radius 1 is 1.17 bits per heavy atom. The number of rotatable bonds is 4. The van der Waals surface area contributed by atoms with Crippen molar-refractivity contribution in [1.82, 2.24) is 9.99 Å². The minimum absolute atomic E-state index is 0.198. The predicted molar refractivity (Wildman–Crippen MR) is 99.4 cm³/mol. The lowest BCUT2D eigenvalue weighted by Crippen LogP contribution is -2.18. The topological polar surface area (TPSA) is 46.4 Å². The zero-order valence-electron chi connectivity index (χ0n) is 13.9. The van der Waals surface area contributed by atoms with Crippen molar-refractivity contribution in [1.29, 1.82) is 0 Å². The van der Waals surface area contributed by atoms with E-state index in [2.05, 4.69) is 15.1 Å². The molecule has 3 aromatic rings.